The van der Waals surface area contributed by atoms with E-state index in [0.717, 1.165) is 5.56 Å². The van der Waals surface area contributed by atoms with Crippen LogP contribution in [-0.2, 0) is 21.4 Å². The molecule has 0 aliphatic carbocycles. The van der Waals surface area contributed by atoms with E-state index >= 15 is 0 Å². The first-order chi connectivity index (χ1) is 17.0. The molecule has 0 N–H and O–H groups in total. The summed E-state index contributed by atoms with van der Waals surface area (Å²) in [4.78, 5) is 14.4. The molecule has 0 atom stereocenters. The first-order valence-electron chi connectivity index (χ1n) is 11.3. The van der Waals surface area contributed by atoms with Gasteiger partial charge in [-0.05, 0) is 23.8 Å². The van der Waals surface area contributed by atoms with Gasteiger partial charge in [-0.2, -0.15) is 4.31 Å². The number of hydrogen-bond acceptors (Lipinski definition) is 7. The molecule has 3 aromatic rings. The number of sulfonamides is 1. The van der Waals surface area contributed by atoms with Crippen LogP contribution >= 0.6 is 0 Å². The number of ether oxygens (including phenoxy) is 2. The predicted octanol–water partition coefficient (Wildman–Crippen LogP) is 1.64. The highest BCUT2D eigenvalue weighted by Crippen LogP contribution is 2.33. The fourth-order valence-electron chi connectivity index (χ4n) is 3.98. The van der Waals surface area contributed by atoms with Gasteiger partial charge in [0.2, 0.25) is 15.9 Å². The van der Waals surface area contributed by atoms with Crippen LogP contribution in [0.25, 0.3) is 6.08 Å². The highest BCUT2D eigenvalue weighted by Gasteiger charge is 2.30. The van der Waals surface area contributed by atoms with Crippen LogP contribution < -0.4 is 9.47 Å². The second-order valence-corrected chi connectivity index (χ2v) is 10.1. The smallest absolute Gasteiger partial charge is 0.246 e. The second-order valence-electron chi connectivity index (χ2n) is 8.19. The minimum Gasteiger partial charge on any atom is -0.486 e. The van der Waals surface area contributed by atoms with Gasteiger partial charge in [0, 0.05) is 38.3 Å². The fourth-order valence-corrected chi connectivity index (χ4v) is 5.42. The molecule has 11 heteroatoms. The van der Waals surface area contributed by atoms with Crippen LogP contribution in [0.5, 0.6) is 11.5 Å². The van der Waals surface area contributed by atoms with E-state index in [0.29, 0.717) is 50.0 Å². The van der Waals surface area contributed by atoms with Gasteiger partial charge in [0.1, 0.15) is 18.9 Å². The summed E-state index contributed by atoms with van der Waals surface area (Å²) in [6.07, 6.45) is 4.84. The van der Waals surface area contributed by atoms with Crippen molar-refractivity contribution >= 4 is 22.0 Å². The van der Waals surface area contributed by atoms with E-state index in [2.05, 4.69) is 10.3 Å². The lowest BCUT2D eigenvalue weighted by molar-refractivity contribution is -0.127. The van der Waals surface area contributed by atoms with E-state index in [4.69, 9.17) is 9.47 Å². The Morgan fingerprint density at radius 3 is 2.49 bits per heavy atom. The van der Waals surface area contributed by atoms with E-state index in [1.54, 1.807) is 27.9 Å². The minimum absolute atomic E-state index is 0.153. The molecular formula is C24H25N5O5S. The Balaban J connectivity index is 1.17. The van der Waals surface area contributed by atoms with Crippen molar-refractivity contribution < 1.29 is 22.7 Å². The number of piperazine rings is 1. The number of carbonyl (C=O) groups is 1. The summed E-state index contributed by atoms with van der Waals surface area (Å²) < 4.78 is 40.3. The molecular weight excluding hydrogens is 470 g/mol. The Bertz CT molecular complexity index is 1330. The molecule has 2 aliphatic rings. The van der Waals surface area contributed by atoms with Gasteiger partial charge in [-0.15, -0.1) is 5.10 Å². The molecule has 0 saturated carbocycles. The Labute approximate surface area is 203 Å². The summed E-state index contributed by atoms with van der Waals surface area (Å²) in [5.41, 5.74) is 1.68. The number of benzene rings is 2. The first kappa shape index (κ1) is 23.1. The van der Waals surface area contributed by atoms with Crippen molar-refractivity contribution in [3.63, 3.8) is 0 Å². The molecule has 1 amide bonds. The maximum Gasteiger partial charge on any atom is 0.246 e. The van der Waals surface area contributed by atoms with Gasteiger partial charge in [-0.25, -0.2) is 13.1 Å². The van der Waals surface area contributed by atoms with Gasteiger partial charge in [-0.3, -0.25) is 4.79 Å². The van der Waals surface area contributed by atoms with Crippen LogP contribution in [0, 0.1) is 0 Å². The molecule has 10 nitrogen and oxygen atoms in total. The van der Waals surface area contributed by atoms with Crippen LogP contribution in [0.15, 0.2) is 65.7 Å². The third-order valence-corrected chi connectivity index (χ3v) is 7.74. The molecule has 1 aromatic heterocycles. The monoisotopic (exact) mass is 495 g/mol. The molecule has 182 valence electrons. The maximum absolute atomic E-state index is 13.1. The molecule has 0 unspecified atom stereocenters. The lowest BCUT2D eigenvalue weighted by Crippen LogP contribution is -2.50. The normalized spacial score (nSPS) is 16.5. The van der Waals surface area contributed by atoms with E-state index in [1.807, 2.05) is 30.3 Å². The molecule has 35 heavy (non-hydrogen) atoms. The number of rotatable bonds is 6. The van der Waals surface area contributed by atoms with Gasteiger partial charge in [0.25, 0.3) is 0 Å². The van der Waals surface area contributed by atoms with E-state index < -0.39 is 10.0 Å². The summed E-state index contributed by atoms with van der Waals surface area (Å²) >= 11 is 0. The van der Waals surface area contributed by atoms with Crippen LogP contribution in [0.3, 0.4) is 0 Å². The molecule has 1 saturated heterocycles. The number of nitrogens with zero attached hydrogens (tertiary/aromatic N) is 5. The highest BCUT2D eigenvalue weighted by molar-refractivity contribution is 7.89. The molecule has 0 radical (unpaired) electrons. The van der Waals surface area contributed by atoms with Crippen molar-refractivity contribution in [1.29, 1.82) is 0 Å². The number of fused-ring (bicyclic) bond motifs is 1. The van der Waals surface area contributed by atoms with Crippen molar-refractivity contribution in [1.82, 2.24) is 24.2 Å². The first-order valence-corrected chi connectivity index (χ1v) is 12.7. The lowest BCUT2D eigenvalue weighted by atomic mass is 10.2. The summed E-state index contributed by atoms with van der Waals surface area (Å²) in [6.45, 7) is 2.44. The van der Waals surface area contributed by atoms with E-state index in [-0.39, 0.29) is 23.9 Å². The average molecular weight is 496 g/mol. The van der Waals surface area contributed by atoms with Crippen molar-refractivity contribution in [2.75, 3.05) is 39.4 Å². The number of aromatic nitrogens is 3. The largest absolute Gasteiger partial charge is 0.486 e. The third-order valence-electron chi connectivity index (χ3n) is 5.84. The Morgan fingerprint density at radius 2 is 1.71 bits per heavy atom. The van der Waals surface area contributed by atoms with Crippen molar-refractivity contribution in [3.05, 3.63) is 72.1 Å². The van der Waals surface area contributed by atoms with Crippen LogP contribution in [0.4, 0.5) is 0 Å². The summed E-state index contributed by atoms with van der Waals surface area (Å²) in [5, 5.41) is 8.18. The van der Waals surface area contributed by atoms with Crippen molar-refractivity contribution in [2.24, 2.45) is 0 Å². The van der Waals surface area contributed by atoms with Gasteiger partial charge >= 0.3 is 0 Å². The van der Waals surface area contributed by atoms with Crippen molar-refractivity contribution in [2.45, 2.75) is 11.4 Å². The molecule has 1 fully saturated rings. The van der Waals surface area contributed by atoms with Gasteiger partial charge < -0.3 is 14.4 Å². The molecule has 0 spiro atoms. The molecule has 3 heterocycles. The maximum atomic E-state index is 13.1. The predicted molar refractivity (Wildman–Crippen MR) is 127 cm³/mol. The molecule has 0 bridgehead atoms. The Morgan fingerprint density at radius 1 is 0.971 bits per heavy atom. The zero-order chi connectivity index (χ0) is 24.3. The number of amides is 1. The highest BCUT2D eigenvalue weighted by atomic mass is 32.2. The lowest BCUT2D eigenvalue weighted by Gasteiger charge is -2.33. The summed E-state index contributed by atoms with van der Waals surface area (Å²) in [5.74, 6) is 0.772. The topological polar surface area (TPSA) is 107 Å². The minimum atomic E-state index is -3.70. The van der Waals surface area contributed by atoms with Crippen LogP contribution in [0.1, 0.15) is 11.3 Å². The summed E-state index contributed by atoms with van der Waals surface area (Å²) in [6, 6.07) is 14.5. The quantitative estimate of drug-likeness (QED) is 0.479. The Hall–Kier alpha value is -3.70. The van der Waals surface area contributed by atoms with Crippen LogP contribution in [-0.4, -0.2) is 77.9 Å². The van der Waals surface area contributed by atoms with Gasteiger partial charge in [0.05, 0.1) is 17.6 Å². The molecule has 2 aromatic carbocycles. The molecule has 2 aliphatic heterocycles. The Kier molecular flexibility index (Phi) is 6.51. The van der Waals surface area contributed by atoms with E-state index in [1.165, 1.54) is 22.5 Å². The van der Waals surface area contributed by atoms with E-state index in [9.17, 15) is 13.2 Å². The second kappa shape index (κ2) is 9.88. The number of carbonyl (C=O) groups excluding carboxylic acids is 1. The number of hydrogen-bond donors (Lipinski definition) is 0. The molecule has 5 rings (SSSR count). The zero-order valence-electron chi connectivity index (χ0n) is 19.0. The van der Waals surface area contributed by atoms with Crippen LogP contribution in [0.2, 0.25) is 0 Å². The average Bonchev–Trinajstić information content (AvgIpc) is 3.34. The van der Waals surface area contributed by atoms with Crippen molar-refractivity contribution in [3.8, 4) is 11.5 Å². The SMILES string of the molecule is O=C(C=Cc1cn(Cc2ccccc2)nn1)N1CCN(S(=O)(=O)c2ccc3c(c2)OCCO3)CC1. The van der Waals surface area contributed by atoms with Gasteiger partial charge in [-0.1, -0.05) is 35.5 Å². The van der Waals surface area contributed by atoms with Gasteiger partial charge in [0.15, 0.2) is 11.5 Å². The zero-order valence-corrected chi connectivity index (χ0v) is 19.8. The summed E-state index contributed by atoms with van der Waals surface area (Å²) in [7, 11) is -3.70. The third kappa shape index (κ3) is 5.20. The fraction of sp³-hybridized carbons (Fsp3) is 0.292. The standard InChI is InChI=1S/C24H25N5O5S/c30-24(9-6-20-18-28(26-25-20)17-19-4-2-1-3-5-19)27-10-12-29(13-11-27)35(31,32)21-7-8-22-23(16-21)34-15-14-33-22/h1-9,16,18H,10-15,17H2.